The van der Waals surface area contributed by atoms with E-state index in [0.29, 0.717) is 10.7 Å². The fourth-order valence-corrected chi connectivity index (χ4v) is 3.44. The molecule has 0 spiro atoms. The Morgan fingerprint density at radius 1 is 1.15 bits per heavy atom. The number of nitrogens with zero attached hydrogens (tertiary/aromatic N) is 2. The van der Waals surface area contributed by atoms with Gasteiger partial charge in [0, 0.05) is 17.0 Å². The van der Waals surface area contributed by atoms with Crippen molar-refractivity contribution in [1.82, 2.24) is 15.2 Å². The summed E-state index contributed by atoms with van der Waals surface area (Å²) < 4.78 is 41.6. The second-order valence-corrected chi connectivity index (χ2v) is 9.16. The molecule has 0 aliphatic rings. The number of carbonyl (C=O) groups is 2. The highest BCUT2D eigenvalue weighted by molar-refractivity contribution is 6.30. The van der Waals surface area contributed by atoms with Crippen LogP contribution in [0, 0.1) is 0 Å². The summed E-state index contributed by atoms with van der Waals surface area (Å²) in [5.74, 6) is -0.607. The number of carbonyl (C=O) groups excluding carboxylic acids is 1. The lowest BCUT2D eigenvalue weighted by molar-refractivity contribution is -0.153. The molecule has 1 heterocycles. The Morgan fingerprint density at radius 3 is 2.24 bits per heavy atom. The molecular formula is C23H27ClF3N3O4. The van der Waals surface area contributed by atoms with Gasteiger partial charge in [0.1, 0.15) is 11.8 Å². The van der Waals surface area contributed by atoms with Crippen molar-refractivity contribution in [1.29, 1.82) is 0 Å². The number of halogens is 4. The largest absolute Gasteiger partial charge is 0.483 e. The van der Waals surface area contributed by atoms with Crippen molar-refractivity contribution in [3.05, 3.63) is 58.9 Å². The predicted octanol–water partition coefficient (Wildman–Crippen LogP) is 5.24. The van der Waals surface area contributed by atoms with Crippen molar-refractivity contribution in [2.75, 3.05) is 6.61 Å². The van der Waals surface area contributed by atoms with Crippen molar-refractivity contribution in [3.63, 3.8) is 0 Å². The van der Waals surface area contributed by atoms with Crippen LogP contribution in [0.1, 0.15) is 45.0 Å². The maximum atomic E-state index is 13.3. The molecule has 0 saturated heterocycles. The molecule has 2 amide bonds. The van der Waals surface area contributed by atoms with E-state index in [4.69, 9.17) is 11.6 Å². The van der Waals surface area contributed by atoms with Gasteiger partial charge in [-0.25, -0.2) is 4.79 Å². The van der Waals surface area contributed by atoms with E-state index in [-0.39, 0.29) is 12.2 Å². The molecule has 1 aromatic carbocycles. The summed E-state index contributed by atoms with van der Waals surface area (Å²) in [5.41, 5.74) is 0.215. The Labute approximate surface area is 200 Å². The molecular weight excluding hydrogens is 475 g/mol. The Bertz CT molecular complexity index is 977. The van der Waals surface area contributed by atoms with Gasteiger partial charge in [0.25, 0.3) is 0 Å². The second kappa shape index (κ2) is 10.9. The van der Waals surface area contributed by atoms with E-state index < -0.39 is 42.4 Å². The number of nitrogens with one attached hydrogen (secondary N) is 1. The molecule has 0 fully saturated rings. The van der Waals surface area contributed by atoms with Crippen molar-refractivity contribution >= 4 is 23.6 Å². The van der Waals surface area contributed by atoms with Gasteiger partial charge in [-0.05, 0) is 57.5 Å². The number of ether oxygens (including phenoxy) is 1. The van der Waals surface area contributed by atoms with E-state index in [1.165, 1.54) is 12.1 Å². The molecule has 2 rings (SSSR count). The molecule has 1 unspecified atom stereocenters. The van der Waals surface area contributed by atoms with E-state index in [1.54, 1.807) is 52.0 Å². The average molecular weight is 502 g/mol. The first-order chi connectivity index (χ1) is 15.7. The van der Waals surface area contributed by atoms with Crippen LogP contribution in [0.25, 0.3) is 0 Å². The molecule has 1 aromatic heterocycles. The number of amides is 2. The SMILES string of the molecule is C[C@@H](NC(=O)C(Cc1ccc(Cl)cc1)N(C(=O)O)C(C)(C)C)c1ccc(OCC(F)(F)F)cn1. The highest BCUT2D eigenvalue weighted by Gasteiger charge is 2.38. The zero-order valence-electron chi connectivity index (χ0n) is 19.2. The van der Waals surface area contributed by atoms with Crippen LogP contribution < -0.4 is 10.1 Å². The number of pyridine rings is 1. The molecule has 2 aromatic rings. The molecule has 0 bridgehead atoms. The maximum absolute atomic E-state index is 13.3. The molecule has 7 nitrogen and oxygen atoms in total. The molecule has 0 aliphatic heterocycles. The van der Waals surface area contributed by atoms with Crippen LogP contribution in [0.4, 0.5) is 18.0 Å². The Balaban J connectivity index is 2.21. The monoisotopic (exact) mass is 501 g/mol. The number of rotatable bonds is 8. The highest BCUT2D eigenvalue weighted by Crippen LogP contribution is 2.23. The van der Waals surface area contributed by atoms with Crippen LogP contribution in [-0.2, 0) is 11.2 Å². The van der Waals surface area contributed by atoms with E-state index in [0.717, 1.165) is 16.7 Å². The standard InChI is InChI=1S/C23H27ClF3N3O4/c1-14(18-10-9-17(12-28-18)34-13-23(25,26)27)29-20(31)19(30(21(32)33)22(2,3)4)11-15-5-7-16(24)8-6-15/h5-10,12,14,19H,11,13H2,1-4H3,(H,29,31)(H,32,33)/t14-,19?/m1/s1. The van der Waals surface area contributed by atoms with Gasteiger partial charge in [-0.15, -0.1) is 0 Å². The Kier molecular flexibility index (Phi) is 8.77. The number of alkyl halides is 3. The fourth-order valence-electron chi connectivity index (χ4n) is 3.31. The molecule has 2 atom stereocenters. The Morgan fingerprint density at radius 2 is 1.76 bits per heavy atom. The van der Waals surface area contributed by atoms with Crippen molar-refractivity contribution < 1.29 is 32.6 Å². The molecule has 0 saturated carbocycles. The topological polar surface area (TPSA) is 91.8 Å². The smallest absolute Gasteiger partial charge is 0.422 e. The normalized spacial score (nSPS) is 13.6. The van der Waals surface area contributed by atoms with Crippen LogP contribution in [0.5, 0.6) is 5.75 Å². The van der Waals surface area contributed by atoms with Gasteiger partial charge in [-0.3, -0.25) is 14.7 Å². The molecule has 2 N–H and O–H groups in total. The van der Waals surface area contributed by atoms with Gasteiger partial charge in [-0.1, -0.05) is 23.7 Å². The summed E-state index contributed by atoms with van der Waals surface area (Å²) in [6.07, 6.45) is -4.48. The van der Waals surface area contributed by atoms with Crippen LogP contribution in [0.15, 0.2) is 42.6 Å². The second-order valence-electron chi connectivity index (χ2n) is 8.72. The Hall–Kier alpha value is -3.01. The van der Waals surface area contributed by atoms with Gasteiger partial charge in [0.05, 0.1) is 17.9 Å². The first-order valence-electron chi connectivity index (χ1n) is 10.4. The maximum Gasteiger partial charge on any atom is 0.422 e. The van der Waals surface area contributed by atoms with E-state index in [1.807, 2.05) is 0 Å². The van der Waals surface area contributed by atoms with Gasteiger partial charge in [0.2, 0.25) is 5.91 Å². The number of hydrogen-bond acceptors (Lipinski definition) is 4. The summed E-state index contributed by atoms with van der Waals surface area (Å²) in [6, 6.07) is 7.80. The minimum absolute atomic E-state index is 0.0648. The lowest BCUT2D eigenvalue weighted by Crippen LogP contribution is -2.57. The third-order valence-electron chi connectivity index (χ3n) is 4.85. The summed E-state index contributed by atoms with van der Waals surface area (Å²) in [6.45, 7) is 5.26. The molecule has 11 heteroatoms. The van der Waals surface area contributed by atoms with Crippen LogP contribution >= 0.6 is 11.6 Å². The molecule has 186 valence electrons. The van der Waals surface area contributed by atoms with Crippen LogP contribution in [0.2, 0.25) is 5.02 Å². The summed E-state index contributed by atoms with van der Waals surface area (Å²) in [7, 11) is 0. The van der Waals surface area contributed by atoms with Gasteiger partial charge in [-0.2, -0.15) is 13.2 Å². The molecule has 0 radical (unpaired) electrons. The van der Waals surface area contributed by atoms with Gasteiger partial charge >= 0.3 is 12.3 Å². The van der Waals surface area contributed by atoms with Crippen molar-refractivity contribution in [2.24, 2.45) is 0 Å². The van der Waals surface area contributed by atoms with Crippen molar-refractivity contribution in [3.8, 4) is 5.75 Å². The lowest BCUT2D eigenvalue weighted by Gasteiger charge is -2.39. The van der Waals surface area contributed by atoms with Gasteiger partial charge in [0.15, 0.2) is 6.61 Å². The summed E-state index contributed by atoms with van der Waals surface area (Å²) >= 11 is 5.93. The first kappa shape index (κ1) is 27.2. The predicted molar refractivity (Wildman–Crippen MR) is 121 cm³/mol. The van der Waals surface area contributed by atoms with Crippen LogP contribution in [0.3, 0.4) is 0 Å². The zero-order chi connectivity index (χ0) is 25.7. The first-order valence-corrected chi connectivity index (χ1v) is 10.8. The number of hydrogen-bond donors (Lipinski definition) is 2. The minimum Gasteiger partial charge on any atom is -0.483 e. The molecule has 34 heavy (non-hydrogen) atoms. The van der Waals surface area contributed by atoms with E-state index in [2.05, 4.69) is 15.0 Å². The lowest BCUT2D eigenvalue weighted by atomic mass is 9.97. The van der Waals surface area contributed by atoms with E-state index >= 15 is 0 Å². The van der Waals surface area contributed by atoms with Crippen molar-refractivity contribution in [2.45, 2.75) is 57.9 Å². The number of benzene rings is 1. The fraction of sp³-hybridized carbons (Fsp3) is 0.435. The zero-order valence-corrected chi connectivity index (χ0v) is 19.9. The highest BCUT2D eigenvalue weighted by atomic mass is 35.5. The third-order valence-corrected chi connectivity index (χ3v) is 5.10. The van der Waals surface area contributed by atoms with Gasteiger partial charge < -0.3 is 15.2 Å². The third kappa shape index (κ3) is 8.09. The summed E-state index contributed by atoms with van der Waals surface area (Å²) in [4.78, 5) is 30.5. The number of aromatic nitrogens is 1. The summed E-state index contributed by atoms with van der Waals surface area (Å²) in [5, 5.41) is 13.1. The molecule has 0 aliphatic carbocycles. The van der Waals surface area contributed by atoms with E-state index in [9.17, 15) is 27.9 Å². The van der Waals surface area contributed by atoms with Crippen LogP contribution in [-0.4, -0.2) is 51.4 Å². The minimum atomic E-state index is -4.47. The number of carboxylic acid groups (broad SMARTS) is 1. The average Bonchev–Trinajstić information content (AvgIpc) is 2.71. The quantitative estimate of drug-likeness (QED) is 0.516.